The van der Waals surface area contributed by atoms with Gasteiger partial charge >= 0.3 is 0 Å². The predicted molar refractivity (Wildman–Crippen MR) is 68.5 cm³/mol. The molecule has 0 aromatic carbocycles. The minimum absolute atomic E-state index is 0.615. The van der Waals surface area contributed by atoms with Gasteiger partial charge in [0.1, 0.15) is 0 Å². The second-order valence-corrected chi connectivity index (χ2v) is 6.07. The quantitative estimate of drug-likeness (QED) is 0.736. The van der Waals surface area contributed by atoms with Crippen molar-refractivity contribution in [1.82, 2.24) is 9.80 Å². The van der Waals surface area contributed by atoms with Crippen LogP contribution < -0.4 is 5.73 Å². The molecular weight excluding hydrogens is 198 g/mol. The Hall–Kier alpha value is -0.120. The third-order valence-electron chi connectivity index (χ3n) is 4.25. The summed E-state index contributed by atoms with van der Waals surface area (Å²) in [5.41, 5.74) is 6.33. The van der Waals surface area contributed by atoms with E-state index in [-0.39, 0.29) is 0 Å². The third-order valence-corrected chi connectivity index (χ3v) is 4.25. The molecule has 0 amide bonds. The van der Waals surface area contributed by atoms with Gasteiger partial charge in [0.05, 0.1) is 0 Å². The molecule has 2 rings (SSSR count). The Labute approximate surface area is 100.0 Å². The first-order valence-electron chi connectivity index (χ1n) is 6.74. The number of hydrogen-bond acceptors (Lipinski definition) is 3. The van der Waals surface area contributed by atoms with E-state index in [4.69, 9.17) is 5.73 Å². The first-order chi connectivity index (χ1) is 7.65. The van der Waals surface area contributed by atoms with E-state index >= 15 is 0 Å². The van der Waals surface area contributed by atoms with E-state index in [1.54, 1.807) is 0 Å². The fourth-order valence-electron chi connectivity index (χ4n) is 3.13. The van der Waals surface area contributed by atoms with Crippen molar-refractivity contribution in [1.29, 1.82) is 0 Å². The SMILES string of the molecule is CN(C)CC1CCCN1CC1(CCN)CC1. The third kappa shape index (κ3) is 2.96. The molecule has 0 radical (unpaired) electrons. The highest BCUT2D eigenvalue weighted by Gasteiger charge is 2.44. The molecule has 3 heteroatoms. The smallest absolute Gasteiger partial charge is 0.0223 e. The van der Waals surface area contributed by atoms with Crippen molar-refractivity contribution in [2.24, 2.45) is 11.1 Å². The van der Waals surface area contributed by atoms with Crippen LogP contribution in [0.3, 0.4) is 0 Å². The normalized spacial score (nSPS) is 28.9. The Morgan fingerprint density at radius 1 is 1.38 bits per heavy atom. The average molecular weight is 225 g/mol. The number of hydrogen-bond donors (Lipinski definition) is 1. The van der Waals surface area contributed by atoms with Gasteiger partial charge in [0.2, 0.25) is 0 Å². The molecule has 0 aromatic heterocycles. The van der Waals surface area contributed by atoms with Crippen LogP contribution in [0.1, 0.15) is 32.1 Å². The molecule has 0 aromatic rings. The van der Waals surface area contributed by atoms with Crippen LogP contribution in [0.15, 0.2) is 0 Å². The van der Waals surface area contributed by atoms with Gasteiger partial charge < -0.3 is 10.6 Å². The Kier molecular flexibility index (Phi) is 3.88. The highest BCUT2D eigenvalue weighted by Crippen LogP contribution is 2.49. The molecule has 2 aliphatic rings. The fourth-order valence-corrected chi connectivity index (χ4v) is 3.13. The number of likely N-dealkylation sites (N-methyl/N-ethyl adjacent to an activating group) is 1. The van der Waals surface area contributed by atoms with E-state index in [0.717, 1.165) is 12.6 Å². The van der Waals surface area contributed by atoms with Crippen molar-refractivity contribution in [2.45, 2.75) is 38.1 Å². The van der Waals surface area contributed by atoms with E-state index in [1.807, 2.05) is 0 Å². The van der Waals surface area contributed by atoms with Crippen molar-refractivity contribution >= 4 is 0 Å². The monoisotopic (exact) mass is 225 g/mol. The molecule has 16 heavy (non-hydrogen) atoms. The van der Waals surface area contributed by atoms with E-state index in [0.29, 0.717) is 5.41 Å². The molecule has 2 fully saturated rings. The Morgan fingerprint density at radius 3 is 2.69 bits per heavy atom. The molecule has 1 saturated carbocycles. The Bertz CT molecular complexity index is 223. The number of rotatable bonds is 6. The van der Waals surface area contributed by atoms with Crippen molar-refractivity contribution < 1.29 is 0 Å². The summed E-state index contributed by atoms with van der Waals surface area (Å²) in [5.74, 6) is 0. The second-order valence-electron chi connectivity index (χ2n) is 6.07. The van der Waals surface area contributed by atoms with Crippen molar-refractivity contribution in [3.63, 3.8) is 0 Å². The van der Waals surface area contributed by atoms with Gasteiger partial charge in [-0.05, 0) is 64.7 Å². The average Bonchev–Trinajstić information content (AvgIpc) is 2.82. The van der Waals surface area contributed by atoms with Gasteiger partial charge in [-0.1, -0.05) is 0 Å². The fraction of sp³-hybridized carbons (Fsp3) is 1.00. The molecule has 1 atom stereocenters. The summed E-state index contributed by atoms with van der Waals surface area (Å²) in [6.07, 6.45) is 6.83. The summed E-state index contributed by atoms with van der Waals surface area (Å²) >= 11 is 0. The lowest BCUT2D eigenvalue weighted by atomic mass is 10.0. The molecular formula is C13H27N3. The van der Waals surface area contributed by atoms with Crippen molar-refractivity contribution in [3.8, 4) is 0 Å². The molecule has 0 bridgehead atoms. The number of nitrogens with two attached hydrogens (primary N) is 1. The lowest BCUT2D eigenvalue weighted by molar-refractivity contribution is 0.170. The maximum absolute atomic E-state index is 5.72. The zero-order chi connectivity index (χ0) is 11.6. The molecule has 1 heterocycles. The molecule has 94 valence electrons. The first kappa shape index (κ1) is 12.3. The summed E-state index contributed by atoms with van der Waals surface area (Å²) in [5, 5.41) is 0. The predicted octanol–water partition coefficient (Wildman–Crippen LogP) is 1.14. The minimum atomic E-state index is 0.615. The highest BCUT2D eigenvalue weighted by molar-refractivity contribution is 4.98. The lowest BCUT2D eigenvalue weighted by Gasteiger charge is -2.30. The van der Waals surface area contributed by atoms with Crippen molar-refractivity contribution in [3.05, 3.63) is 0 Å². The van der Waals surface area contributed by atoms with Crippen LogP contribution in [0.5, 0.6) is 0 Å². The van der Waals surface area contributed by atoms with Gasteiger partial charge in [-0.25, -0.2) is 0 Å². The topological polar surface area (TPSA) is 32.5 Å². The van der Waals surface area contributed by atoms with Gasteiger partial charge in [-0.2, -0.15) is 0 Å². The van der Waals surface area contributed by atoms with Gasteiger partial charge in [0.25, 0.3) is 0 Å². The summed E-state index contributed by atoms with van der Waals surface area (Å²) in [6, 6.07) is 0.797. The molecule has 1 unspecified atom stereocenters. The molecule has 3 nitrogen and oxygen atoms in total. The maximum Gasteiger partial charge on any atom is 0.0223 e. The van der Waals surface area contributed by atoms with Gasteiger partial charge in [-0.15, -0.1) is 0 Å². The van der Waals surface area contributed by atoms with Crippen LogP contribution >= 0.6 is 0 Å². The number of nitrogens with zero attached hydrogens (tertiary/aromatic N) is 2. The Balaban J connectivity index is 1.84. The molecule has 2 N–H and O–H groups in total. The van der Waals surface area contributed by atoms with Gasteiger partial charge in [-0.3, -0.25) is 4.90 Å². The molecule has 1 aliphatic heterocycles. The molecule has 0 spiro atoms. The van der Waals surface area contributed by atoms with E-state index in [1.165, 1.54) is 51.7 Å². The summed E-state index contributed by atoms with van der Waals surface area (Å²) in [6.45, 7) is 4.71. The zero-order valence-electron chi connectivity index (χ0n) is 10.9. The molecule has 1 saturated heterocycles. The highest BCUT2D eigenvalue weighted by atomic mass is 15.2. The minimum Gasteiger partial charge on any atom is -0.330 e. The molecule has 1 aliphatic carbocycles. The lowest BCUT2D eigenvalue weighted by Crippen LogP contribution is -2.41. The van der Waals surface area contributed by atoms with E-state index in [2.05, 4.69) is 23.9 Å². The van der Waals surface area contributed by atoms with Crippen LogP contribution in [0.2, 0.25) is 0 Å². The van der Waals surface area contributed by atoms with E-state index in [9.17, 15) is 0 Å². The maximum atomic E-state index is 5.72. The number of likely N-dealkylation sites (tertiary alicyclic amines) is 1. The van der Waals surface area contributed by atoms with Crippen molar-refractivity contribution in [2.75, 3.05) is 40.3 Å². The van der Waals surface area contributed by atoms with Crippen LogP contribution in [0, 0.1) is 5.41 Å². The Morgan fingerprint density at radius 2 is 2.12 bits per heavy atom. The van der Waals surface area contributed by atoms with E-state index < -0.39 is 0 Å². The largest absolute Gasteiger partial charge is 0.330 e. The van der Waals surface area contributed by atoms with Gasteiger partial charge in [0.15, 0.2) is 0 Å². The van der Waals surface area contributed by atoms with Crippen LogP contribution in [-0.4, -0.2) is 56.1 Å². The van der Waals surface area contributed by atoms with Gasteiger partial charge in [0, 0.05) is 19.1 Å². The zero-order valence-corrected chi connectivity index (χ0v) is 10.9. The second kappa shape index (κ2) is 5.03. The first-order valence-corrected chi connectivity index (χ1v) is 6.74. The summed E-state index contributed by atoms with van der Waals surface area (Å²) in [4.78, 5) is 5.05. The van der Waals surface area contributed by atoms with Crippen LogP contribution in [0.25, 0.3) is 0 Å². The summed E-state index contributed by atoms with van der Waals surface area (Å²) in [7, 11) is 4.37. The van der Waals surface area contributed by atoms with Crippen LogP contribution in [0.4, 0.5) is 0 Å². The van der Waals surface area contributed by atoms with Crippen LogP contribution in [-0.2, 0) is 0 Å². The standard InChI is InChI=1S/C13H27N3/c1-15(2)10-12-4-3-9-16(12)11-13(5-6-13)7-8-14/h12H,3-11,14H2,1-2H3. The summed E-state index contributed by atoms with van der Waals surface area (Å²) < 4.78 is 0.